The van der Waals surface area contributed by atoms with Gasteiger partial charge in [0.05, 0.1) is 0 Å². The molecule has 2 aliphatic rings. The van der Waals surface area contributed by atoms with Crippen LogP contribution in [-0.2, 0) is 22.7 Å². The zero-order chi connectivity index (χ0) is 17.9. The fourth-order valence-corrected chi connectivity index (χ4v) is 3.80. The standard InChI is InChI=1S/C22H24N2O2/c25-21(24-14-17-9-4-5-10-18(17)15-24)11-6-12-23-22(26)20-13-19(20)16-7-2-1-3-8-16/h1-5,7-10,19-20H,6,11-15H2,(H,23,26)/t19-,20-/m1/s1. The van der Waals surface area contributed by atoms with Crippen molar-refractivity contribution in [2.24, 2.45) is 5.92 Å². The molecule has 0 unspecified atom stereocenters. The van der Waals surface area contributed by atoms with E-state index in [0.717, 1.165) is 6.42 Å². The van der Waals surface area contributed by atoms with Gasteiger partial charge < -0.3 is 10.2 Å². The summed E-state index contributed by atoms with van der Waals surface area (Å²) >= 11 is 0. The lowest BCUT2D eigenvalue weighted by atomic mass is 10.1. The van der Waals surface area contributed by atoms with E-state index in [2.05, 4.69) is 29.6 Å². The van der Waals surface area contributed by atoms with Crippen molar-refractivity contribution in [3.63, 3.8) is 0 Å². The van der Waals surface area contributed by atoms with E-state index in [0.29, 0.717) is 38.4 Å². The minimum absolute atomic E-state index is 0.0983. The summed E-state index contributed by atoms with van der Waals surface area (Å²) in [6, 6.07) is 18.4. The quantitative estimate of drug-likeness (QED) is 0.815. The number of amides is 2. The summed E-state index contributed by atoms with van der Waals surface area (Å²) in [5.74, 6) is 0.756. The summed E-state index contributed by atoms with van der Waals surface area (Å²) in [7, 11) is 0. The summed E-state index contributed by atoms with van der Waals surface area (Å²) in [6.07, 6.45) is 2.11. The third kappa shape index (κ3) is 3.64. The van der Waals surface area contributed by atoms with Gasteiger partial charge in [-0.05, 0) is 35.4 Å². The second-order valence-electron chi connectivity index (χ2n) is 7.27. The number of nitrogens with one attached hydrogen (secondary N) is 1. The second kappa shape index (κ2) is 7.32. The SMILES string of the molecule is O=C(NCCCC(=O)N1Cc2ccccc2C1)[C@@H]1C[C@@H]1c1ccccc1. The van der Waals surface area contributed by atoms with Crippen molar-refractivity contribution in [2.75, 3.05) is 6.54 Å². The van der Waals surface area contributed by atoms with Crippen LogP contribution in [0.1, 0.15) is 41.9 Å². The number of carbonyl (C=O) groups is 2. The van der Waals surface area contributed by atoms with Gasteiger partial charge in [-0.3, -0.25) is 9.59 Å². The number of rotatable bonds is 6. The molecular formula is C22H24N2O2. The van der Waals surface area contributed by atoms with E-state index in [1.165, 1.54) is 16.7 Å². The van der Waals surface area contributed by atoms with Gasteiger partial charge in [-0.15, -0.1) is 0 Å². The molecule has 4 nitrogen and oxygen atoms in total. The molecule has 1 fully saturated rings. The van der Waals surface area contributed by atoms with Crippen molar-refractivity contribution in [2.45, 2.75) is 38.3 Å². The Hall–Kier alpha value is -2.62. The maximum atomic E-state index is 12.4. The topological polar surface area (TPSA) is 49.4 Å². The molecule has 0 spiro atoms. The van der Waals surface area contributed by atoms with Crippen LogP contribution in [0.3, 0.4) is 0 Å². The minimum Gasteiger partial charge on any atom is -0.356 e. The van der Waals surface area contributed by atoms with Crippen LogP contribution in [0.25, 0.3) is 0 Å². The van der Waals surface area contributed by atoms with Gasteiger partial charge in [-0.2, -0.15) is 0 Å². The Morgan fingerprint density at radius 3 is 2.31 bits per heavy atom. The van der Waals surface area contributed by atoms with E-state index < -0.39 is 0 Å². The highest BCUT2D eigenvalue weighted by Crippen LogP contribution is 2.47. The van der Waals surface area contributed by atoms with Gasteiger partial charge in [-0.1, -0.05) is 54.6 Å². The lowest BCUT2D eigenvalue weighted by Gasteiger charge is -2.15. The molecule has 4 rings (SSSR count). The Kier molecular flexibility index (Phi) is 4.74. The third-order valence-electron chi connectivity index (χ3n) is 5.42. The molecule has 2 aromatic rings. The molecule has 1 N–H and O–H groups in total. The molecule has 2 aromatic carbocycles. The van der Waals surface area contributed by atoms with Crippen molar-refractivity contribution in [1.29, 1.82) is 0 Å². The van der Waals surface area contributed by atoms with Crippen LogP contribution in [-0.4, -0.2) is 23.3 Å². The smallest absolute Gasteiger partial charge is 0.223 e. The summed E-state index contributed by atoms with van der Waals surface area (Å²) in [6.45, 7) is 1.99. The molecule has 1 aliphatic carbocycles. The highest BCUT2D eigenvalue weighted by Gasteiger charge is 2.43. The molecule has 0 aromatic heterocycles. The van der Waals surface area contributed by atoms with E-state index in [1.54, 1.807) is 0 Å². The Morgan fingerprint density at radius 1 is 0.962 bits per heavy atom. The number of hydrogen-bond donors (Lipinski definition) is 1. The number of benzene rings is 2. The van der Waals surface area contributed by atoms with E-state index in [-0.39, 0.29) is 17.7 Å². The maximum absolute atomic E-state index is 12.4. The number of fused-ring (bicyclic) bond motifs is 1. The summed E-state index contributed by atoms with van der Waals surface area (Å²) in [5.41, 5.74) is 3.74. The maximum Gasteiger partial charge on any atom is 0.223 e. The molecular weight excluding hydrogens is 324 g/mol. The summed E-state index contributed by atoms with van der Waals surface area (Å²) in [4.78, 5) is 26.5. The molecule has 26 heavy (non-hydrogen) atoms. The lowest BCUT2D eigenvalue weighted by Crippen LogP contribution is -2.29. The molecule has 0 bridgehead atoms. The fraction of sp³-hybridized carbons (Fsp3) is 0.364. The molecule has 1 heterocycles. The van der Waals surface area contributed by atoms with Crippen molar-refractivity contribution >= 4 is 11.8 Å². The van der Waals surface area contributed by atoms with E-state index in [4.69, 9.17) is 0 Å². The normalized spacial score (nSPS) is 20.5. The number of hydrogen-bond acceptors (Lipinski definition) is 2. The van der Waals surface area contributed by atoms with E-state index >= 15 is 0 Å². The largest absolute Gasteiger partial charge is 0.356 e. The average Bonchev–Trinajstić information content (AvgIpc) is 3.36. The Bertz CT molecular complexity index is 778. The van der Waals surface area contributed by atoms with Crippen LogP contribution < -0.4 is 5.32 Å². The van der Waals surface area contributed by atoms with Crippen LogP contribution in [0.4, 0.5) is 0 Å². The van der Waals surface area contributed by atoms with Crippen molar-refractivity contribution < 1.29 is 9.59 Å². The van der Waals surface area contributed by atoms with Crippen LogP contribution in [0.15, 0.2) is 54.6 Å². The molecule has 2 amide bonds. The molecule has 4 heteroatoms. The number of carbonyl (C=O) groups excluding carboxylic acids is 2. The van der Waals surface area contributed by atoms with Gasteiger partial charge in [0, 0.05) is 32.0 Å². The molecule has 1 saturated carbocycles. The number of nitrogens with zero attached hydrogens (tertiary/aromatic N) is 1. The van der Waals surface area contributed by atoms with Crippen LogP contribution in [0.5, 0.6) is 0 Å². The van der Waals surface area contributed by atoms with Gasteiger partial charge in [-0.25, -0.2) is 0 Å². The molecule has 134 valence electrons. The Labute approximate surface area is 154 Å². The predicted octanol–water partition coefficient (Wildman–Crippen LogP) is 3.23. The summed E-state index contributed by atoms with van der Waals surface area (Å²) < 4.78 is 0. The monoisotopic (exact) mass is 348 g/mol. The molecule has 0 saturated heterocycles. The Balaban J connectivity index is 1.16. The van der Waals surface area contributed by atoms with E-state index in [1.807, 2.05) is 35.2 Å². The minimum atomic E-state index is 0.0983. The van der Waals surface area contributed by atoms with Gasteiger partial charge in [0.1, 0.15) is 0 Å². The van der Waals surface area contributed by atoms with Gasteiger partial charge in [0.25, 0.3) is 0 Å². The van der Waals surface area contributed by atoms with Crippen molar-refractivity contribution in [1.82, 2.24) is 10.2 Å². The Morgan fingerprint density at radius 2 is 1.62 bits per heavy atom. The van der Waals surface area contributed by atoms with Crippen molar-refractivity contribution in [3.8, 4) is 0 Å². The lowest BCUT2D eigenvalue weighted by molar-refractivity contribution is -0.132. The zero-order valence-corrected chi connectivity index (χ0v) is 14.9. The van der Waals surface area contributed by atoms with Crippen LogP contribution in [0, 0.1) is 5.92 Å². The first-order valence-corrected chi connectivity index (χ1v) is 9.39. The third-order valence-corrected chi connectivity index (χ3v) is 5.42. The van der Waals surface area contributed by atoms with Gasteiger partial charge in [0.15, 0.2) is 0 Å². The highest BCUT2D eigenvalue weighted by molar-refractivity contribution is 5.83. The van der Waals surface area contributed by atoms with Crippen molar-refractivity contribution in [3.05, 3.63) is 71.3 Å². The molecule has 1 aliphatic heterocycles. The fourth-order valence-electron chi connectivity index (χ4n) is 3.80. The predicted molar refractivity (Wildman–Crippen MR) is 100 cm³/mol. The first kappa shape index (κ1) is 16.8. The summed E-state index contributed by atoms with van der Waals surface area (Å²) in [5, 5.41) is 3.00. The average molecular weight is 348 g/mol. The first-order chi connectivity index (χ1) is 12.7. The van der Waals surface area contributed by atoms with Gasteiger partial charge in [0.2, 0.25) is 11.8 Å². The molecule has 2 atom stereocenters. The second-order valence-corrected chi connectivity index (χ2v) is 7.27. The van der Waals surface area contributed by atoms with Gasteiger partial charge >= 0.3 is 0 Å². The van der Waals surface area contributed by atoms with Crippen LogP contribution in [0.2, 0.25) is 0 Å². The first-order valence-electron chi connectivity index (χ1n) is 9.39. The molecule has 0 radical (unpaired) electrons. The highest BCUT2D eigenvalue weighted by atomic mass is 16.2. The van der Waals surface area contributed by atoms with E-state index in [9.17, 15) is 9.59 Å². The van der Waals surface area contributed by atoms with Crippen LogP contribution >= 0.6 is 0 Å². The zero-order valence-electron chi connectivity index (χ0n) is 14.9.